The summed E-state index contributed by atoms with van der Waals surface area (Å²) in [7, 11) is -3.42. The van der Waals surface area contributed by atoms with Gasteiger partial charge in [-0.25, -0.2) is 8.42 Å². The Morgan fingerprint density at radius 2 is 2.00 bits per heavy atom. The second-order valence-electron chi connectivity index (χ2n) is 8.07. The molecule has 0 radical (unpaired) electrons. The van der Waals surface area contributed by atoms with E-state index in [0.717, 1.165) is 42.9 Å². The molecule has 2 aliphatic rings. The first-order chi connectivity index (χ1) is 14.4. The minimum absolute atomic E-state index is 0.0938. The monoisotopic (exact) mass is 451 g/mol. The van der Waals surface area contributed by atoms with Crippen molar-refractivity contribution in [2.45, 2.75) is 43.5 Å². The number of carbonyl (C=O) groups is 1. The van der Waals surface area contributed by atoms with Crippen LogP contribution in [0, 0.1) is 13.8 Å². The van der Waals surface area contributed by atoms with Crippen molar-refractivity contribution in [1.29, 1.82) is 0 Å². The number of hydrogen-bond donors (Lipinski definition) is 0. The lowest BCUT2D eigenvalue weighted by atomic mass is 10.1. The number of carbonyl (C=O) groups excluding carboxylic acids is 1. The molecular formula is C21H29N3O4S2. The second-order valence-corrected chi connectivity index (χ2v) is 11.2. The summed E-state index contributed by atoms with van der Waals surface area (Å²) in [6.07, 6.45) is 2.40. The molecule has 1 atom stereocenters. The Balaban J connectivity index is 1.36. The van der Waals surface area contributed by atoms with Gasteiger partial charge in [0.15, 0.2) is 5.78 Å². The summed E-state index contributed by atoms with van der Waals surface area (Å²) in [5, 5.41) is 1.77. The van der Waals surface area contributed by atoms with E-state index in [2.05, 4.69) is 9.47 Å². The van der Waals surface area contributed by atoms with Gasteiger partial charge >= 0.3 is 0 Å². The van der Waals surface area contributed by atoms with Crippen LogP contribution in [0.15, 0.2) is 27.8 Å². The highest BCUT2D eigenvalue weighted by atomic mass is 32.2. The van der Waals surface area contributed by atoms with Crippen LogP contribution in [0.3, 0.4) is 0 Å². The van der Waals surface area contributed by atoms with Crippen molar-refractivity contribution >= 4 is 27.1 Å². The fourth-order valence-electron chi connectivity index (χ4n) is 4.31. The number of nitrogens with zero attached hydrogens (tertiary/aromatic N) is 3. The van der Waals surface area contributed by atoms with Crippen LogP contribution in [-0.4, -0.2) is 73.4 Å². The first kappa shape index (κ1) is 21.7. The van der Waals surface area contributed by atoms with E-state index in [1.54, 1.807) is 17.5 Å². The Hall–Kier alpha value is -1.52. The van der Waals surface area contributed by atoms with Gasteiger partial charge in [0.05, 0.1) is 12.6 Å². The highest BCUT2D eigenvalue weighted by Gasteiger charge is 2.30. The number of ketones is 1. The number of hydrogen-bond acceptors (Lipinski definition) is 6. The average molecular weight is 452 g/mol. The van der Waals surface area contributed by atoms with Gasteiger partial charge in [-0.2, -0.15) is 4.31 Å². The van der Waals surface area contributed by atoms with Gasteiger partial charge in [-0.15, -0.1) is 11.3 Å². The van der Waals surface area contributed by atoms with Gasteiger partial charge in [-0.05, 0) is 44.2 Å². The number of piperazine rings is 1. The summed E-state index contributed by atoms with van der Waals surface area (Å²) in [5.41, 5.74) is 2.84. The molecule has 30 heavy (non-hydrogen) atoms. The summed E-state index contributed by atoms with van der Waals surface area (Å²) in [4.78, 5) is 15.0. The predicted molar refractivity (Wildman–Crippen MR) is 117 cm³/mol. The number of Topliss-reactive ketones (excluding diaryl/α,β-unsaturated/α-hetero) is 1. The summed E-state index contributed by atoms with van der Waals surface area (Å²) in [5.74, 6) is 0.0938. The third kappa shape index (κ3) is 4.40. The molecule has 9 heteroatoms. The van der Waals surface area contributed by atoms with Crippen molar-refractivity contribution in [3.05, 3.63) is 40.5 Å². The first-order valence-corrected chi connectivity index (χ1v) is 12.8. The smallest absolute Gasteiger partial charge is 0.252 e. The summed E-state index contributed by atoms with van der Waals surface area (Å²) < 4.78 is 35.2. The molecule has 2 aromatic heterocycles. The van der Waals surface area contributed by atoms with Gasteiger partial charge in [0.25, 0.3) is 10.0 Å². The molecule has 0 bridgehead atoms. The van der Waals surface area contributed by atoms with Crippen molar-refractivity contribution in [3.8, 4) is 0 Å². The van der Waals surface area contributed by atoms with Crippen molar-refractivity contribution in [1.82, 2.24) is 13.8 Å². The zero-order chi connectivity index (χ0) is 21.3. The first-order valence-electron chi connectivity index (χ1n) is 10.4. The number of aromatic nitrogens is 1. The van der Waals surface area contributed by atoms with E-state index in [1.165, 1.54) is 15.6 Å². The average Bonchev–Trinajstić information content (AvgIpc) is 3.48. The van der Waals surface area contributed by atoms with Crippen LogP contribution in [0.5, 0.6) is 0 Å². The number of rotatable bonds is 7. The van der Waals surface area contributed by atoms with Crippen molar-refractivity contribution < 1.29 is 17.9 Å². The Labute approximate surface area is 182 Å². The van der Waals surface area contributed by atoms with Gasteiger partial charge in [0.1, 0.15) is 4.21 Å². The Morgan fingerprint density at radius 1 is 1.23 bits per heavy atom. The lowest BCUT2D eigenvalue weighted by molar-refractivity contribution is 0.0896. The zero-order valence-electron chi connectivity index (χ0n) is 17.5. The predicted octanol–water partition coefficient (Wildman–Crippen LogP) is 2.53. The topological polar surface area (TPSA) is 71.9 Å². The fourth-order valence-corrected chi connectivity index (χ4v) is 6.88. The van der Waals surface area contributed by atoms with E-state index < -0.39 is 10.0 Å². The maximum absolute atomic E-state index is 13.0. The molecule has 4 rings (SSSR count). The van der Waals surface area contributed by atoms with Crippen LogP contribution in [0.4, 0.5) is 0 Å². The van der Waals surface area contributed by atoms with Crippen LogP contribution >= 0.6 is 11.3 Å². The molecule has 0 amide bonds. The van der Waals surface area contributed by atoms with E-state index >= 15 is 0 Å². The molecule has 164 valence electrons. The largest absolute Gasteiger partial charge is 0.376 e. The zero-order valence-corrected chi connectivity index (χ0v) is 19.2. The minimum Gasteiger partial charge on any atom is -0.376 e. The van der Waals surface area contributed by atoms with E-state index in [-0.39, 0.29) is 11.9 Å². The SMILES string of the molecule is Cc1cc(C(=O)CN2CCN(S(=O)(=O)c3cccs3)CC2)c(C)n1C[C@H]1CCCO1. The molecule has 4 heterocycles. The molecule has 0 spiro atoms. The molecule has 2 aromatic rings. The maximum Gasteiger partial charge on any atom is 0.252 e. The van der Waals surface area contributed by atoms with Crippen molar-refractivity contribution in [2.24, 2.45) is 0 Å². The van der Waals surface area contributed by atoms with E-state index in [4.69, 9.17) is 4.74 Å². The van der Waals surface area contributed by atoms with E-state index in [0.29, 0.717) is 36.9 Å². The number of sulfonamides is 1. The van der Waals surface area contributed by atoms with Crippen molar-refractivity contribution in [2.75, 3.05) is 39.3 Å². The molecule has 0 N–H and O–H groups in total. The second kappa shape index (κ2) is 8.92. The third-order valence-corrected chi connectivity index (χ3v) is 9.34. The number of aryl methyl sites for hydroxylation is 1. The quantitative estimate of drug-likeness (QED) is 0.605. The van der Waals surface area contributed by atoms with Crippen molar-refractivity contribution in [3.63, 3.8) is 0 Å². The van der Waals surface area contributed by atoms with Gasteiger partial charge in [0.2, 0.25) is 0 Å². The normalized spacial score (nSPS) is 21.3. The highest BCUT2D eigenvalue weighted by molar-refractivity contribution is 7.91. The molecule has 0 aliphatic carbocycles. The van der Waals surface area contributed by atoms with E-state index in [9.17, 15) is 13.2 Å². The summed E-state index contributed by atoms with van der Waals surface area (Å²) >= 11 is 1.24. The molecule has 2 aliphatic heterocycles. The lowest BCUT2D eigenvalue weighted by Gasteiger charge is -2.33. The lowest BCUT2D eigenvalue weighted by Crippen LogP contribution is -2.49. The Kier molecular flexibility index (Phi) is 6.45. The number of ether oxygens (including phenoxy) is 1. The minimum atomic E-state index is -3.42. The standard InChI is InChI=1S/C21H29N3O4S2/c1-16-13-19(17(2)24(16)14-18-5-3-11-28-18)20(25)15-22-7-9-23(10-8-22)30(26,27)21-6-4-12-29-21/h4,6,12-13,18H,3,5,7-11,14-15H2,1-2H3/t18-/m1/s1. The van der Waals surface area contributed by atoms with Crippen LogP contribution in [0.2, 0.25) is 0 Å². The molecule has 2 fully saturated rings. The van der Waals surface area contributed by atoms with Gasteiger partial charge in [-0.3, -0.25) is 9.69 Å². The van der Waals surface area contributed by atoms with Crippen LogP contribution in [0.25, 0.3) is 0 Å². The Morgan fingerprint density at radius 3 is 2.63 bits per heavy atom. The molecule has 0 unspecified atom stereocenters. The van der Waals surface area contributed by atoms with E-state index in [1.807, 2.05) is 19.9 Å². The summed E-state index contributed by atoms with van der Waals surface area (Å²) in [6.45, 7) is 7.91. The van der Waals surface area contributed by atoms with Gasteiger partial charge < -0.3 is 9.30 Å². The van der Waals surface area contributed by atoms with Crippen LogP contribution in [-0.2, 0) is 21.3 Å². The molecule has 0 aromatic carbocycles. The van der Waals surface area contributed by atoms with Crippen LogP contribution in [0.1, 0.15) is 34.6 Å². The molecule has 7 nitrogen and oxygen atoms in total. The van der Waals surface area contributed by atoms with Gasteiger partial charge in [0, 0.05) is 56.3 Å². The molecule has 0 saturated carbocycles. The van der Waals surface area contributed by atoms with Gasteiger partial charge in [-0.1, -0.05) is 6.07 Å². The Bertz CT molecular complexity index is 984. The fraction of sp³-hybridized carbons (Fsp3) is 0.571. The highest BCUT2D eigenvalue weighted by Crippen LogP contribution is 2.23. The molecular weight excluding hydrogens is 422 g/mol. The maximum atomic E-state index is 13.0. The summed E-state index contributed by atoms with van der Waals surface area (Å²) in [6, 6.07) is 5.37. The third-order valence-electron chi connectivity index (χ3n) is 6.07. The van der Waals surface area contributed by atoms with Crippen LogP contribution < -0.4 is 0 Å². The molecule has 2 saturated heterocycles. The number of thiophene rings is 1.